The maximum atomic E-state index is 10.7. The lowest BCUT2D eigenvalue weighted by Crippen LogP contribution is -1.99. The number of nitrogens with zero attached hydrogens (tertiary/aromatic N) is 2. The first-order valence-corrected chi connectivity index (χ1v) is 14.5. The van der Waals surface area contributed by atoms with E-state index in [4.69, 9.17) is 69.6 Å². The second-order valence-corrected chi connectivity index (χ2v) is 12.7. The van der Waals surface area contributed by atoms with Crippen molar-refractivity contribution in [2.75, 3.05) is 0 Å². The molecule has 4 aromatic carbocycles. The van der Waals surface area contributed by atoms with Crippen LogP contribution in [-0.2, 0) is 0 Å². The Labute approximate surface area is 262 Å². The molecule has 40 heavy (non-hydrogen) atoms. The van der Waals surface area contributed by atoms with Gasteiger partial charge in [-0.3, -0.25) is 0 Å². The van der Waals surface area contributed by atoms with E-state index in [9.17, 15) is 10.2 Å². The van der Waals surface area contributed by atoms with E-state index in [1.807, 2.05) is 24.3 Å². The Morgan fingerprint density at radius 2 is 0.875 bits per heavy atom. The van der Waals surface area contributed by atoms with Crippen molar-refractivity contribution in [2.45, 2.75) is 22.4 Å². The van der Waals surface area contributed by atoms with E-state index in [0.717, 1.165) is 38.8 Å². The molecular formula is C30H22Cl6N2O2. The van der Waals surface area contributed by atoms with E-state index in [-0.39, 0.29) is 11.5 Å². The molecule has 5 aromatic rings. The molecule has 0 unspecified atom stereocenters. The fourth-order valence-electron chi connectivity index (χ4n) is 4.92. The van der Waals surface area contributed by atoms with Gasteiger partial charge in [-0.15, -0.1) is 10.2 Å². The summed E-state index contributed by atoms with van der Waals surface area (Å²) < 4.78 is -1.50. The number of aromatic hydroxyl groups is 2. The van der Waals surface area contributed by atoms with Gasteiger partial charge in [0.2, 0.25) is 0 Å². The number of alkyl halides is 6. The van der Waals surface area contributed by atoms with Crippen LogP contribution in [0, 0.1) is 13.8 Å². The first-order valence-electron chi connectivity index (χ1n) is 11.9. The Morgan fingerprint density at radius 3 is 1.23 bits per heavy atom. The fraction of sp³-hybridized carbons (Fsp3) is 0.133. The van der Waals surface area contributed by atoms with Gasteiger partial charge in [-0.1, -0.05) is 118 Å². The third kappa shape index (κ3) is 6.23. The van der Waals surface area contributed by atoms with Crippen molar-refractivity contribution in [2.24, 2.45) is 0 Å². The molecule has 0 saturated heterocycles. The molecule has 0 saturated carbocycles. The summed E-state index contributed by atoms with van der Waals surface area (Å²) in [6.07, 6.45) is 0. The summed E-state index contributed by atoms with van der Waals surface area (Å²) in [6, 6.07) is 23.0. The highest BCUT2D eigenvalue weighted by Crippen LogP contribution is 2.56. The minimum Gasteiger partial charge on any atom is -0.507 e. The predicted molar refractivity (Wildman–Crippen MR) is 170 cm³/mol. The quantitative estimate of drug-likeness (QED) is 0.182. The van der Waals surface area contributed by atoms with Gasteiger partial charge >= 0.3 is 0 Å². The lowest BCUT2D eigenvalue weighted by atomic mass is 9.92. The Morgan fingerprint density at radius 1 is 0.525 bits per heavy atom. The average molecular weight is 655 g/mol. The van der Waals surface area contributed by atoms with Crippen LogP contribution in [0.25, 0.3) is 55.5 Å². The highest BCUT2D eigenvalue weighted by Gasteiger charge is 2.33. The van der Waals surface area contributed by atoms with Gasteiger partial charge in [0.1, 0.15) is 22.9 Å². The number of hydrogen-bond donors (Lipinski definition) is 2. The monoisotopic (exact) mass is 652 g/mol. The van der Waals surface area contributed by atoms with Crippen LogP contribution in [0.15, 0.2) is 72.8 Å². The Bertz CT molecular complexity index is 1570. The lowest BCUT2D eigenvalue weighted by molar-refractivity contribution is 0.476. The molecule has 0 spiro atoms. The summed E-state index contributed by atoms with van der Waals surface area (Å²) in [5.41, 5.74) is 8.96. The smallest absolute Gasteiger partial charge is 0.180 e. The highest BCUT2D eigenvalue weighted by atomic mass is 35.6. The van der Waals surface area contributed by atoms with Crippen LogP contribution in [0.4, 0.5) is 0 Å². The van der Waals surface area contributed by atoms with Crippen molar-refractivity contribution >= 4 is 80.4 Å². The summed E-state index contributed by atoms with van der Waals surface area (Å²) in [5.74, 6) is 0.327. The summed E-state index contributed by atoms with van der Waals surface area (Å²) in [5, 5.41) is 32.9. The maximum Gasteiger partial charge on any atom is 0.180 e. The summed E-state index contributed by atoms with van der Waals surface area (Å²) in [6.45, 7) is 4.20. The van der Waals surface area contributed by atoms with Crippen LogP contribution in [0.3, 0.4) is 0 Å². The van der Waals surface area contributed by atoms with Gasteiger partial charge in [0.05, 0.1) is 0 Å². The fourth-order valence-corrected chi connectivity index (χ4v) is 4.92. The molecular weight excluding hydrogens is 633 g/mol. The molecule has 1 aromatic heterocycles. The topological polar surface area (TPSA) is 66.2 Å². The van der Waals surface area contributed by atoms with Gasteiger partial charge in [0.25, 0.3) is 0 Å². The minimum absolute atomic E-state index is 0.164. The number of phenolic OH excluding ortho intramolecular Hbond substituents is 2. The molecule has 0 amide bonds. The molecule has 206 valence electrons. The number of aryl methyl sites for hydroxylation is 2. The first-order chi connectivity index (χ1) is 19.0. The van der Waals surface area contributed by atoms with E-state index in [2.05, 4.69) is 48.3 Å². The molecule has 2 N–H and O–H groups in total. The van der Waals surface area contributed by atoms with Crippen LogP contribution in [0.2, 0.25) is 0 Å². The number of aromatic nitrogens is 2. The van der Waals surface area contributed by atoms with Crippen LogP contribution in [0.1, 0.15) is 11.1 Å². The number of halogens is 6. The van der Waals surface area contributed by atoms with Crippen LogP contribution >= 0.6 is 69.6 Å². The zero-order valence-corrected chi connectivity index (χ0v) is 25.7. The molecule has 4 nitrogen and oxygen atoms in total. The average Bonchev–Trinajstić information content (AvgIpc) is 3.26. The Hall–Kier alpha value is -2.44. The molecule has 1 aliphatic carbocycles. The Balaban J connectivity index is 0.000000412. The normalized spacial score (nSPS) is 11.2. The molecule has 1 aliphatic rings. The predicted octanol–water partition coefficient (Wildman–Crippen LogP) is 10.6. The van der Waals surface area contributed by atoms with Gasteiger partial charge in [0.15, 0.2) is 8.59 Å². The van der Waals surface area contributed by atoms with Crippen molar-refractivity contribution < 1.29 is 10.2 Å². The van der Waals surface area contributed by atoms with E-state index in [1.54, 1.807) is 24.3 Å². The standard InChI is InChI=1S/C28H20N2O2.2CHCl3/c1-15-11-13-17-14-12-16(2)23-24(17)22(15)25-26(23)28(19-8-4-6-10-21(19)32)30-29-27(25)18-7-3-5-9-20(18)31;2*2-1(3)4/h3-14,31-32H,1-2H3;2*1H. The van der Waals surface area contributed by atoms with Crippen molar-refractivity contribution in [3.05, 3.63) is 83.9 Å². The number of hydrogen-bond acceptors (Lipinski definition) is 4. The molecule has 1 heterocycles. The van der Waals surface area contributed by atoms with E-state index in [0.29, 0.717) is 22.5 Å². The molecule has 0 radical (unpaired) electrons. The van der Waals surface area contributed by atoms with Crippen LogP contribution in [0.5, 0.6) is 11.5 Å². The van der Waals surface area contributed by atoms with E-state index < -0.39 is 8.59 Å². The van der Waals surface area contributed by atoms with Crippen LogP contribution < -0.4 is 0 Å². The number of phenols is 2. The van der Waals surface area contributed by atoms with Crippen molar-refractivity contribution in [1.29, 1.82) is 0 Å². The second-order valence-electron chi connectivity index (χ2n) is 8.79. The highest BCUT2D eigenvalue weighted by molar-refractivity contribution is 6.63. The van der Waals surface area contributed by atoms with Crippen molar-refractivity contribution in [3.8, 4) is 56.3 Å². The number of benzene rings is 4. The largest absolute Gasteiger partial charge is 0.507 e. The number of para-hydroxylation sites is 2. The molecule has 0 fully saturated rings. The third-order valence-electron chi connectivity index (χ3n) is 6.40. The zero-order chi connectivity index (χ0) is 29.1. The molecule has 10 heteroatoms. The minimum atomic E-state index is -0.750. The van der Waals surface area contributed by atoms with Gasteiger partial charge in [-0.05, 0) is 71.1 Å². The van der Waals surface area contributed by atoms with E-state index in [1.165, 1.54) is 5.39 Å². The SMILES string of the molecule is Cc1ccc2ccc(C)c3c2c1-c1c(-c2ccccc2O)nnc(-c2ccccc2O)c1-3.ClC(Cl)Cl.ClC(Cl)Cl. The third-order valence-corrected chi connectivity index (χ3v) is 6.40. The van der Waals surface area contributed by atoms with Gasteiger partial charge < -0.3 is 10.2 Å². The summed E-state index contributed by atoms with van der Waals surface area (Å²) in [7, 11) is 0. The van der Waals surface area contributed by atoms with E-state index >= 15 is 0 Å². The number of rotatable bonds is 2. The molecule has 0 aliphatic heterocycles. The zero-order valence-electron chi connectivity index (χ0n) is 21.1. The maximum absolute atomic E-state index is 10.7. The lowest BCUT2D eigenvalue weighted by Gasteiger charge is -2.15. The Kier molecular flexibility index (Phi) is 9.94. The summed E-state index contributed by atoms with van der Waals surface area (Å²) >= 11 is 28.8. The number of fused-ring (bicyclic) bond motifs is 3. The molecule has 0 bridgehead atoms. The molecule has 6 rings (SSSR count). The summed E-state index contributed by atoms with van der Waals surface area (Å²) in [4.78, 5) is 0. The van der Waals surface area contributed by atoms with Gasteiger partial charge in [-0.25, -0.2) is 0 Å². The van der Waals surface area contributed by atoms with Crippen LogP contribution in [-0.4, -0.2) is 29.0 Å². The van der Waals surface area contributed by atoms with Gasteiger partial charge in [-0.2, -0.15) is 0 Å². The van der Waals surface area contributed by atoms with Crippen molar-refractivity contribution in [1.82, 2.24) is 10.2 Å². The first kappa shape index (κ1) is 30.5. The molecule has 0 atom stereocenters. The van der Waals surface area contributed by atoms with Crippen molar-refractivity contribution in [3.63, 3.8) is 0 Å². The second kappa shape index (κ2) is 13.0. The van der Waals surface area contributed by atoms with Gasteiger partial charge in [0, 0.05) is 22.3 Å².